The summed E-state index contributed by atoms with van der Waals surface area (Å²) in [6.07, 6.45) is 0.463. The Morgan fingerprint density at radius 1 is 1.14 bits per heavy atom. The van der Waals surface area contributed by atoms with Gasteiger partial charge in [0.1, 0.15) is 5.82 Å². The summed E-state index contributed by atoms with van der Waals surface area (Å²) in [6, 6.07) is 12.1. The van der Waals surface area contributed by atoms with Crippen LogP contribution in [0.15, 0.2) is 53.4 Å². The van der Waals surface area contributed by atoms with Gasteiger partial charge in [-0.1, -0.05) is 19.1 Å². The maximum Gasteiger partial charge on any atom is 0.258 e. The smallest absolute Gasteiger partial charge is 0.258 e. The number of aryl methyl sites for hydroxylation is 1. The molecule has 0 aliphatic heterocycles. The predicted molar refractivity (Wildman–Crippen MR) is 109 cm³/mol. The van der Waals surface area contributed by atoms with Crippen molar-refractivity contribution in [3.05, 3.63) is 64.8 Å². The molecule has 146 valence electrons. The first kappa shape index (κ1) is 20.2. The van der Waals surface area contributed by atoms with Crippen LogP contribution in [0.1, 0.15) is 28.6 Å². The number of nitrogens with one attached hydrogen (secondary N) is 1. The van der Waals surface area contributed by atoms with Crippen LogP contribution in [0.3, 0.4) is 0 Å². The number of nitrogens with zero attached hydrogens (tertiary/aromatic N) is 1. The fourth-order valence-electron chi connectivity index (χ4n) is 2.79. The van der Waals surface area contributed by atoms with Gasteiger partial charge in [0.25, 0.3) is 5.91 Å². The van der Waals surface area contributed by atoms with E-state index in [1.807, 2.05) is 6.92 Å². The Bertz CT molecular complexity index is 1110. The highest BCUT2D eigenvalue weighted by atomic mass is 32.2. The van der Waals surface area contributed by atoms with Crippen LogP contribution < -0.4 is 5.32 Å². The minimum atomic E-state index is -3.54. The van der Waals surface area contributed by atoms with Crippen molar-refractivity contribution in [3.8, 4) is 11.3 Å². The highest BCUT2D eigenvalue weighted by Gasteiger charge is 2.22. The van der Waals surface area contributed by atoms with E-state index in [1.54, 1.807) is 31.2 Å². The molecule has 0 aliphatic carbocycles. The van der Waals surface area contributed by atoms with E-state index in [1.165, 1.54) is 35.6 Å². The summed E-state index contributed by atoms with van der Waals surface area (Å²) in [5.74, 6) is -0.896. The Balaban J connectivity index is 1.89. The Labute approximate surface area is 167 Å². The van der Waals surface area contributed by atoms with E-state index >= 15 is 0 Å². The van der Waals surface area contributed by atoms with E-state index in [2.05, 4.69) is 10.3 Å². The maximum atomic E-state index is 13.1. The summed E-state index contributed by atoms with van der Waals surface area (Å²) in [5.41, 5.74) is 1.47. The molecule has 5 nitrogen and oxygen atoms in total. The summed E-state index contributed by atoms with van der Waals surface area (Å²) < 4.78 is 38.0. The number of anilines is 1. The molecule has 28 heavy (non-hydrogen) atoms. The van der Waals surface area contributed by atoms with Crippen molar-refractivity contribution in [2.75, 3.05) is 11.1 Å². The van der Waals surface area contributed by atoms with Crippen molar-refractivity contribution >= 4 is 32.2 Å². The van der Waals surface area contributed by atoms with Gasteiger partial charge in [-0.2, -0.15) is 0 Å². The highest BCUT2D eigenvalue weighted by Crippen LogP contribution is 2.31. The number of aromatic nitrogens is 1. The minimum absolute atomic E-state index is 0.0152. The summed E-state index contributed by atoms with van der Waals surface area (Å²) in [4.78, 5) is 18.0. The number of hydrogen-bond acceptors (Lipinski definition) is 5. The van der Waals surface area contributed by atoms with Gasteiger partial charge in [0.2, 0.25) is 0 Å². The molecule has 3 rings (SSSR count). The monoisotopic (exact) mass is 418 g/mol. The SMILES string of the molecule is CCCS(=O)(=O)c1ccccc1C(=O)Nc1nc(-c2ccc(F)cc2)c(C)s1. The van der Waals surface area contributed by atoms with Gasteiger partial charge >= 0.3 is 0 Å². The third-order valence-electron chi connectivity index (χ3n) is 4.07. The van der Waals surface area contributed by atoms with Crippen LogP contribution in [-0.2, 0) is 9.84 Å². The third-order valence-corrected chi connectivity index (χ3v) is 6.93. The number of thiazole rings is 1. The molecule has 0 saturated carbocycles. The lowest BCUT2D eigenvalue weighted by Crippen LogP contribution is -2.17. The van der Waals surface area contributed by atoms with Crippen molar-refractivity contribution in [3.63, 3.8) is 0 Å². The molecule has 0 fully saturated rings. The van der Waals surface area contributed by atoms with Crippen LogP contribution in [0.2, 0.25) is 0 Å². The molecule has 3 aromatic rings. The van der Waals surface area contributed by atoms with E-state index in [-0.39, 0.29) is 22.0 Å². The largest absolute Gasteiger partial charge is 0.298 e. The number of rotatable bonds is 6. The first-order valence-corrected chi connectivity index (χ1v) is 11.1. The quantitative estimate of drug-likeness (QED) is 0.630. The molecule has 2 aromatic carbocycles. The number of amides is 1. The van der Waals surface area contributed by atoms with Crippen LogP contribution in [-0.4, -0.2) is 25.1 Å². The van der Waals surface area contributed by atoms with Crippen molar-refractivity contribution in [1.29, 1.82) is 0 Å². The molecule has 0 spiro atoms. The molecule has 1 heterocycles. The average Bonchev–Trinajstić information content (AvgIpc) is 3.02. The number of carbonyl (C=O) groups is 1. The molecule has 0 atom stereocenters. The molecular formula is C20H19FN2O3S2. The van der Waals surface area contributed by atoms with Gasteiger partial charge in [-0.3, -0.25) is 10.1 Å². The number of halogens is 1. The summed E-state index contributed by atoms with van der Waals surface area (Å²) >= 11 is 1.27. The second-order valence-corrected chi connectivity index (χ2v) is 9.48. The van der Waals surface area contributed by atoms with Crippen LogP contribution in [0.25, 0.3) is 11.3 Å². The molecule has 1 aromatic heterocycles. The zero-order valence-electron chi connectivity index (χ0n) is 15.4. The number of hydrogen-bond donors (Lipinski definition) is 1. The van der Waals surface area contributed by atoms with E-state index in [0.717, 1.165) is 10.4 Å². The number of carbonyl (C=O) groups excluding carboxylic acids is 1. The van der Waals surface area contributed by atoms with E-state index in [0.29, 0.717) is 17.2 Å². The van der Waals surface area contributed by atoms with Gasteiger partial charge in [0.05, 0.1) is 21.9 Å². The molecule has 1 amide bonds. The molecule has 0 saturated heterocycles. The topological polar surface area (TPSA) is 76.1 Å². The molecule has 0 bridgehead atoms. The van der Waals surface area contributed by atoms with Gasteiger partial charge in [0, 0.05) is 10.4 Å². The highest BCUT2D eigenvalue weighted by molar-refractivity contribution is 7.91. The predicted octanol–water partition coefficient (Wildman–Crippen LogP) is 4.69. The van der Waals surface area contributed by atoms with E-state index in [4.69, 9.17) is 0 Å². The van der Waals surface area contributed by atoms with Crippen molar-refractivity contribution in [2.24, 2.45) is 0 Å². The van der Waals surface area contributed by atoms with E-state index in [9.17, 15) is 17.6 Å². The van der Waals surface area contributed by atoms with Crippen LogP contribution in [0.5, 0.6) is 0 Å². The molecule has 0 unspecified atom stereocenters. The molecular weight excluding hydrogens is 399 g/mol. The third kappa shape index (κ3) is 4.28. The second kappa shape index (κ2) is 8.20. The van der Waals surface area contributed by atoms with Crippen molar-refractivity contribution < 1.29 is 17.6 Å². The average molecular weight is 419 g/mol. The summed E-state index contributed by atoms with van der Waals surface area (Å²) in [5, 5.41) is 3.04. The van der Waals surface area contributed by atoms with Gasteiger partial charge in [0.15, 0.2) is 15.0 Å². The van der Waals surface area contributed by atoms with Crippen LogP contribution in [0, 0.1) is 12.7 Å². The fourth-order valence-corrected chi connectivity index (χ4v) is 5.16. The van der Waals surface area contributed by atoms with Gasteiger partial charge in [-0.25, -0.2) is 17.8 Å². The Kier molecular flexibility index (Phi) is 5.90. The lowest BCUT2D eigenvalue weighted by atomic mass is 10.1. The Morgan fingerprint density at radius 3 is 2.50 bits per heavy atom. The van der Waals surface area contributed by atoms with Crippen molar-refractivity contribution in [1.82, 2.24) is 4.98 Å². The molecule has 0 radical (unpaired) electrons. The first-order valence-electron chi connectivity index (χ1n) is 8.68. The van der Waals surface area contributed by atoms with Gasteiger partial charge in [-0.05, 0) is 49.7 Å². The zero-order chi connectivity index (χ0) is 20.3. The maximum absolute atomic E-state index is 13.1. The fraction of sp³-hybridized carbons (Fsp3) is 0.200. The first-order chi connectivity index (χ1) is 13.3. The number of benzene rings is 2. The van der Waals surface area contributed by atoms with Gasteiger partial charge in [-0.15, -0.1) is 11.3 Å². The normalized spacial score (nSPS) is 11.4. The lowest BCUT2D eigenvalue weighted by molar-refractivity contribution is 0.102. The summed E-state index contributed by atoms with van der Waals surface area (Å²) in [7, 11) is -3.54. The zero-order valence-corrected chi connectivity index (χ0v) is 17.0. The Hall–Kier alpha value is -2.58. The molecule has 8 heteroatoms. The minimum Gasteiger partial charge on any atom is -0.298 e. The second-order valence-electron chi connectivity index (χ2n) is 6.20. The lowest BCUT2D eigenvalue weighted by Gasteiger charge is -2.09. The molecule has 1 N–H and O–H groups in total. The molecule has 0 aliphatic rings. The summed E-state index contributed by atoms with van der Waals surface area (Å²) in [6.45, 7) is 3.63. The van der Waals surface area contributed by atoms with Gasteiger partial charge < -0.3 is 0 Å². The number of sulfone groups is 1. The Morgan fingerprint density at radius 2 is 1.82 bits per heavy atom. The van der Waals surface area contributed by atoms with Crippen molar-refractivity contribution in [2.45, 2.75) is 25.2 Å². The standard InChI is InChI=1S/C20H19FN2O3S2/c1-3-12-28(25,26)17-7-5-4-6-16(17)19(24)23-20-22-18(13(2)27-20)14-8-10-15(21)11-9-14/h4-11H,3,12H2,1-2H3,(H,22,23,24). The van der Waals surface area contributed by atoms with Crippen LogP contribution in [0.4, 0.5) is 9.52 Å². The van der Waals surface area contributed by atoms with Crippen LogP contribution >= 0.6 is 11.3 Å². The van der Waals surface area contributed by atoms with E-state index < -0.39 is 15.7 Å².